The molecule has 1 aliphatic rings. The molecule has 0 aliphatic carbocycles. The Morgan fingerprint density at radius 3 is 2.73 bits per heavy atom. The van der Waals surface area contributed by atoms with Crippen molar-refractivity contribution in [3.05, 3.63) is 11.5 Å². The van der Waals surface area contributed by atoms with E-state index < -0.39 is 0 Å². The molecule has 0 radical (unpaired) electrons. The Hall–Kier alpha value is -1.11. The monoisotopic (exact) mass is 327 g/mol. The van der Waals surface area contributed by atoms with Gasteiger partial charge in [0.2, 0.25) is 0 Å². The van der Waals surface area contributed by atoms with Gasteiger partial charge in [-0.05, 0) is 26.7 Å². The third-order valence-electron chi connectivity index (χ3n) is 3.84. The number of likely N-dealkylation sites (tertiary alicyclic amines) is 1. The van der Waals surface area contributed by atoms with Gasteiger partial charge in [-0.2, -0.15) is 0 Å². The van der Waals surface area contributed by atoms with Crippen molar-refractivity contribution in [1.29, 1.82) is 0 Å². The summed E-state index contributed by atoms with van der Waals surface area (Å²) in [7, 11) is 1.83. The zero-order valence-corrected chi connectivity index (χ0v) is 14.4. The van der Waals surface area contributed by atoms with Gasteiger partial charge < -0.3 is 20.3 Å². The van der Waals surface area contributed by atoms with E-state index in [-0.39, 0.29) is 0 Å². The number of nitrogens with zero attached hydrogens (tertiary/aromatic N) is 3. The molecule has 1 fully saturated rings. The van der Waals surface area contributed by atoms with Crippen LogP contribution in [-0.2, 0) is 4.74 Å². The second-order valence-corrected chi connectivity index (χ2v) is 6.18. The van der Waals surface area contributed by atoms with Crippen LogP contribution in [0.25, 0.3) is 0 Å². The minimum absolute atomic E-state index is 0.307. The summed E-state index contributed by atoms with van der Waals surface area (Å²) in [5.74, 6) is 0.782. The highest BCUT2D eigenvalue weighted by Gasteiger charge is 2.20. The molecule has 2 rings (SSSR count). The first-order valence-electron chi connectivity index (χ1n) is 7.89. The molecule has 1 aromatic heterocycles. The molecule has 2 N–H and O–H groups in total. The first kappa shape index (κ1) is 17.2. The topological polar surface area (TPSA) is 62.3 Å². The van der Waals surface area contributed by atoms with Crippen LogP contribution < -0.4 is 10.6 Å². The number of nitrogens with one attached hydrogen (secondary N) is 2. The molecular weight excluding hydrogens is 302 g/mol. The summed E-state index contributed by atoms with van der Waals surface area (Å²) < 4.78 is 5.61. The maximum atomic E-state index is 6.08. The third-order valence-corrected chi connectivity index (χ3v) is 4.12. The van der Waals surface area contributed by atoms with E-state index in [1.807, 2.05) is 7.05 Å². The lowest BCUT2D eigenvalue weighted by atomic mass is 10.1. The van der Waals surface area contributed by atoms with Crippen LogP contribution in [0.15, 0.2) is 6.33 Å². The molecule has 0 aromatic carbocycles. The van der Waals surface area contributed by atoms with Crippen LogP contribution in [0.2, 0.25) is 5.15 Å². The van der Waals surface area contributed by atoms with E-state index >= 15 is 0 Å². The fraction of sp³-hybridized carbons (Fsp3) is 0.733. The highest BCUT2D eigenvalue weighted by atomic mass is 35.5. The predicted octanol–water partition coefficient (Wildman–Crippen LogP) is 2.47. The number of anilines is 2. The van der Waals surface area contributed by atoms with E-state index in [1.165, 1.54) is 6.33 Å². The molecule has 1 aliphatic heterocycles. The lowest BCUT2D eigenvalue weighted by Gasteiger charge is -2.32. The average Bonchev–Trinajstić information content (AvgIpc) is 2.49. The molecule has 1 aromatic rings. The van der Waals surface area contributed by atoms with E-state index in [1.54, 1.807) is 0 Å². The highest BCUT2D eigenvalue weighted by molar-refractivity contribution is 6.32. The number of rotatable bonds is 7. The smallest absolute Gasteiger partial charge is 0.157 e. The van der Waals surface area contributed by atoms with Gasteiger partial charge in [-0.15, -0.1) is 0 Å². The van der Waals surface area contributed by atoms with E-state index in [9.17, 15) is 0 Å². The minimum atomic E-state index is 0.307. The predicted molar refractivity (Wildman–Crippen MR) is 90.8 cm³/mol. The summed E-state index contributed by atoms with van der Waals surface area (Å²) in [4.78, 5) is 10.7. The van der Waals surface area contributed by atoms with Gasteiger partial charge in [0.1, 0.15) is 12.0 Å². The third kappa shape index (κ3) is 4.97. The fourth-order valence-corrected chi connectivity index (χ4v) is 2.83. The van der Waals surface area contributed by atoms with Crippen molar-refractivity contribution >= 4 is 23.1 Å². The van der Waals surface area contributed by atoms with Gasteiger partial charge in [0.15, 0.2) is 11.0 Å². The van der Waals surface area contributed by atoms with Crippen LogP contribution in [0, 0.1) is 0 Å². The molecule has 0 atom stereocenters. The summed E-state index contributed by atoms with van der Waals surface area (Å²) >= 11 is 6.08. The number of hydrogen-bond acceptors (Lipinski definition) is 6. The van der Waals surface area contributed by atoms with Crippen LogP contribution in [0.4, 0.5) is 11.5 Å². The molecule has 0 unspecified atom stereocenters. The van der Waals surface area contributed by atoms with Crippen molar-refractivity contribution in [2.75, 3.05) is 43.9 Å². The normalized spacial score (nSPS) is 17.0. The number of halogens is 1. The van der Waals surface area contributed by atoms with E-state index in [0.29, 0.717) is 17.3 Å². The summed E-state index contributed by atoms with van der Waals surface area (Å²) in [6.07, 6.45) is 3.98. The quantitative estimate of drug-likeness (QED) is 0.750. The molecule has 124 valence electrons. The van der Waals surface area contributed by atoms with Crippen LogP contribution >= 0.6 is 11.6 Å². The van der Waals surface area contributed by atoms with Crippen molar-refractivity contribution in [3.63, 3.8) is 0 Å². The first-order chi connectivity index (χ1) is 10.6. The molecular formula is C15H26ClN5O. The van der Waals surface area contributed by atoms with Gasteiger partial charge in [0.05, 0.1) is 12.7 Å². The average molecular weight is 328 g/mol. The molecule has 6 nitrogen and oxygen atoms in total. The van der Waals surface area contributed by atoms with Gasteiger partial charge in [-0.3, -0.25) is 0 Å². The Balaban J connectivity index is 1.79. The van der Waals surface area contributed by atoms with Crippen LogP contribution in [0.3, 0.4) is 0 Å². The van der Waals surface area contributed by atoms with Gasteiger partial charge in [-0.1, -0.05) is 11.6 Å². The van der Waals surface area contributed by atoms with E-state index in [4.69, 9.17) is 16.3 Å². The SMILES string of the molecule is CNc1c(Cl)ncnc1NC1CCN(CCOC(C)C)CC1. The van der Waals surface area contributed by atoms with Crippen molar-refractivity contribution in [2.24, 2.45) is 0 Å². The first-order valence-corrected chi connectivity index (χ1v) is 8.26. The number of hydrogen-bond donors (Lipinski definition) is 2. The summed E-state index contributed by atoms with van der Waals surface area (Å²) in [5.41, 5.74) is 0.761. The van der Waals surface area contributed by atoms with Crippen LogP contribution in [0.5, 0.6) is 0 Å². The lowest BCUT2D eigenvalue weighted by molar-refractivity contribution is 0.0543. The molecule has 0 spiro atoms. The summed E-state index contributed by atoms with van der Waals surface area (Å²) in [6, 6.07) is 0.417. The molecule has 1 saturated heterocycles. The zero-order valence-electron chi connectivity index (χ0n) is 13.6. The van der Waals surface area contributed by atoms with Crippen LogP contribution in [-0.4, -0.2) is 60.3 Å². The Bertz CT molecular complexity index is 463. The largest absolute Gasteiger partial charge is 0.383 e. The van der Waals surface area contributed by atoms with Crippen LogP contribution in [0.1, 0.15) is 26.7 Å². The Morgan fingerprint density at radius 2 is 2.09 bits per heavy atom. The van der Waals surface area contributed by atoms with Crippen molar-refractivity contribution in [3.8, 4) is 0 Å². The Morgan fingerprint density at radius 1 is 1.36 bits per heavy atom. The summed E-state index contributed by atoms with van der Waals surface area (Å²) in [6.45, 7) is 8.11. The fourth-order valence-electron chi connectivity index (χ4n) is 2.61. The standard InChI is InChI=1S/C15H26ClN5O/c1-11(2)22-9-8-21-6-4-12(5-7-21)20-15-13(17-3)14(16)18-10-19-15/h10-12,17H,4-9H2,1-3H3,(H,18,19,20). The van der Waals surface area contributed by atoms with E-state index in [2.05, 4.69) is 39.3 Å². The summed E-state index contributed by atoms with van der Waals surface area (Å²) in [5, 5.41) is 6.98. The second-order valence-electron chi connectivity index (χ2n) is 5.82. The van der Waals surface area contributed by atoms with E-state index in [0.717, 1.165) is 50.6 Å². The minimum Gasteiger partial charge on any atom is -0.383 e. The maximum absolute atomic E-state index is 6.08. The molecule has 7 heteroatoms. The Kier molecular flexibility index (Phi) is 6.67. The number of aromatic nitrogens is 2. The second kappa shape index (κ2) is 8.50. The molecule has 0 amide bonds. The molecule has 0 saturated carbocycles. The Labute approximate surface area is 137 Å². The van der Waals surface area contributed by atoms with Gasteiger partial charge in [-0.25, -0.2) is 9.97 Å². The molecule has 0 bridgehead atoms. The van der Waals surface area contributed by atoms with Crippen molar-refractivity contribution in [1.82, 2.24) is 14.9 Å². The lowest BCUT2D eigenvalue weighted by Crippen LogP contribution is -2.41. The molecule has 22 heavy (non-hydrogen) atoms. The highest BCUT2D eigenvalue weighted by Crippen LogP contribution is 2.27. The molecule has 2 heterocycles. The maximum Gasteiger partial charge on any atom is 0.157 e. The zero-order chi connectivity index (χ0) is 15.9. The van der Waals surface area contributed by atoms with Crippen molar-refractivity contribution < 1.29 is 4.74 Å². The number of piperidine rings is 1. The van der Waals surface area contributed by atoms with Gasteiger partial charge in [0, 0.05) is 32.7 Å². The van der Waals surface area contributed by atoms with Crippen molar-refractivity contribution in [2.45, 2.75) is 38.8 Å². The number of ether oxygens (including phenoxy) is 1. The van der Waals surface area contributed by atoms with Gasteiger partial charge in [0.25, 0.3) is 0 Å². The van der Waals surface area contributed by atoms with Gasteiger partial charge >= 0.3 is 0 Å².